The predicted octanol–water partition coefficient (Wildman–Crippen LogP) is 3.17. The second kappa shape index (κ2) is 5.07. The molecule has 0 spiro atoms. The van der Waals surface area contributed by atoms with Crippen molar-refractivity contribution in [2.45, 2.75) is 32.2 Å². The van der Waals surface area contributed by atoms with Crippen molar-refractivity contribution in [3.63, 3.8) is 0 Å². The fourth-order valence-corrected chi connectivity index (χ4v) is 2.85. The van der Waals surface area contributed by atoms with E-state index in [-0.39, 0.29) is 0 Å². The Kier molecular flexibility index (Phi) is 3.28. The summed E-state index contributed by atoms with van der Waals surface area (Å²) in [6, 6.07) is 11.3. The molecule has 0 unspecified atom stereocenters. The molecule has 0 aliphatic heterocycles. The lowest BCUT2D eigenvalue weighted by Gasteiger charge is -2.33. The highest BCUT2D eigenvalue weighted by molar-refractivity contribution is 5.81. The maximum absolute atomic E-state index is 4.50. The fourth-order valence-electron chi connectivity index (χ4n) is 2.85. The first-order valence-electron chi connectivity index (χ1n) is 6.89. The monoisotopic (exact) mass is 240 g/mol. The Hall–Kier alpha value is -1.41. The van der Waals surface area contributed by atoms with E-state index in [0.717, 1.165) is 30.4 Å². The van der Waals surface area contributed by atoms with Gasteiger partial charge in [-0.15, -0.1) is 0 Å². The van der Waals surface area contributed by atoms with Crippen molar-refractivity contribution in [3.05, 3.63) is 42.1 Å². The first-order valence-corrected chi connectivity index (χ1v) is 6.89. The predicted molar refractivity (Wildman–Crippen MR) is 75.6 cm³/mol. The lowest BCUT2D eigenvalue weighted by molar-refractivity contribution is 0.243. The normalized spacial score (nSPS) is 22.9. The van der Waals surface area contributed by atoms with E-state index in [1.165, 1.54) is 23.8 Å². The maximum Gasteiger partial charge on any atom is 0.0734 e. The molecule has 1 saturated carbocycles. The Labute approximate surface area is 108 Å². The third-order valence-electron chi connectivity index (χ3n) is 3.92. The van der Waals surface area contributed by atoms with Crippen LogP contribution in [0, 0.1) is 5.92 Å². The van der Waals surface area contributed by atoms with Crippen LogP contribution in [-0.4, -0.2) is 17.6 Å². The number of rotatable bonds is 4. The van der Waals surface area contributed by atoms with Gasteiger partial charge >= 0.3 is 0 Å². The summed E-state index contributed by atoms with van der Waals surface area (Å²) in [7, 11) is 0. The zero-order valence-electron chi connectivity index (χ0n) is 10.9. The first kappa shape index (κ1) is 11.7. The third-order valence-corrected chi connectivity index (χ3v) is 3.92. The van der Waals surface area contributed by atoms with Crippen LogP contribution in [0.25, 0.3) is 10.9 Å². The largest absolute Gasteiger partial charge is 0.314 e. The van der Waals surface area contributed by atoms with E-state index < -0.39 is 0 Å². The van der Waals surface area contributed by atoms with E-state index in [4.69, 9.17) is 0 Å². The molecule has 1 heterocycles. The molecule has 1 aliphatic rings. The van der Waals surface area contributed by atoms with Gasteiger partial charge in [-0.1, -0.05) is 31.2 Å². The number of fused-ring (bicyclic) bond motifs is 1. The smallest absolute Gasteiger partial charge is 0.0734 e. The number of nitrogens with zero attached hydrogens (tertiary/aromatic N) is 1. The van der Waals surface area contributed by atoms with Gasteiger partial charge in [-0.3, -0.25) is 4.98 Å². The molecule has 2 heteroatoms. The number of para-hydroxylation sites is 1. The SMILES string of the molecule is CC1CC(NCCc2cccc3cccnc23)C1. The van der Waals surface area contributed by atoms with Crippen LogP contribution in [0.3, 0.4) is 0 Å². The number of hydrogen-bond acceptors (Lipinski definition) is 2. The molecule has 2 nitrogen and oxygen atoms in total. The topological polar surface area (TPSA) is 24.9 Å². The molecule has 1 aromatic heterocycles. The number of aromatic nitrogens is 1. The molecule has 0 amide bonds. The number of pyridine rings is 1. The van der Waals surface area contributed by atoms with Gasteiger partial charge in [0.2, 0.25) is 0 Å². The summed E-state index contributed by atoms with van der Waals surface area (Å²) < 4.78 is 0. The molecular weight excluding hydrogens is 220 g/mol. The van der Waals surface area contributed by atoms with Crippen LogP contribution in [0.4, 0.5) is 0 Å². The highest BCUT2D eigenvalue weighted by Gasteiger charge is 2.24. The number of benzene rings is 1. The van der Waals surface area contributed by atoms with Gasteiger partial charge in [-0.25, -0.2) is 0 Å². The Morgan fingerprint density at radius 1 is 1.22 bits per heavy atom. The first-order chi connectivity index (χ1) is 8.83. The Bertz CT molecular complexity index is 524. The summed E-state index contributed by atoms with van der Waals surface area (Å²) in [5.74, 6) is 0.918. The van der Waals surface area contributed by atoms with Crippen molar-refractivity contribution < 1.29 is 0 Å². The zero-order chi connectivity index (χ0) is 12.4. The van der Waals surface area contributed by atoms with Crippen LogP contribution in [-0.2, 0) is 6.42 Å². The summed E-state index contributed by atoms with van der Waals surface area (Å²) in [4.78, 5) is 4.50. The standard InChI is InChI=1S/C16H20N2/c1-12-10-15(11-12)17-9-7-14-5-2-4-13-6-3-8-18-16(13)14/h2-6,8,12,15,17H,7,9-11H2,1H3. The highest BCUT2D eigenvalue weighted by Crippen LogP contribution is 2.26. The molecule has 94 valence electrons. The maximum atomic E-state index is 4.50. The molecule has 1 fully saturated rings. The molecule has 18 heavy (non-hydrogen) atoms. The molecule has 1 aromatic carbocycles. The van der Waals surface area contributed by atoms with Crippen LogP contribution >= 0.6 is 0 Å². The third kappa shape index (κ3) is 2.39. The Morgan fingerprint density at radius 3 is 2.89 bits per heavy atom. The average Bonchev–Trinajstić information content (AvgIpc) is 2.37. The molecule has 3 rings (SSSR count). The second-order valence-electron chi connectivity index (χ2n) is 5.47. The van der Waals surface area contributed by atoms with Gasteiger partial charge < -0.3 is 5.32 Å². The fraction of sp³-hybridized carbons (Fsp3) is 0.438. The van der Waals surface area contributed by atoms with Crippen molar-refractivity contribution in [1.29, 1.82) is 0 Å². The molecule has 2 aromatic rings. The summed E-state index contributed by atoms with van der Waals surface area (Å²) in [5, 5.41) is 4.88. The van der Waals surface area contributed by atoms with Crippen molar-refractivity contribution in [1.82, 2.24) is 10.3 Å². The van der Waals surface area contributed by atoms with Gasteiger partial charge in [0.25, 0.3) is 0 Å². The minimum atomic E-state index is 0.753. The summed E-state index contributed by atoms with van der Waals surface area (Å²) in [6.45, 7) is 3.39. The van der Waals surface area contributed by atoms with E-state index in [1.54, 1.807) is 0 Å². The average molecular weight is 240 g/mol. The van der Waals surface area contributed by atoms with Gasteiger partial charge in [0, 0.05) is 17.6 Å². The summed E-state index contributed by atoms with van der Waals surface area (Å²) in [5.41, 5.74) is 2.51. The van der Waals surface area contributed by atoms with Gasteiger partial charge in [0.05, 0.1) is 5.52 Å². The molecular formula is C16H20N2. The van der Waals surface area contributed by atoms with Gasteiger partial charge in [-0.2, -0.15) is 0 Å². The van der Waals surface area contributed by atoms with E-state index in [0.29, 0.717) is 0 Å². The van der Waals surface area contributed by atoms with Gasteiger partial charge in [0.15, 0.2) is 0 Å². The van der Waals surface area contributed by atoms with Crippen molar-refractivity contribution in [3.8, 4) is 0 Å². The van der Waals surface area contributed by atoms with Crippen LogP contribution in [0.2, 0.25) is 0 Å². The molecule has 0 radical (unpaired) electrons. The Balaban J connectivity index is 1.64. The van der Waals surface area contributed by atoms with Gasteiger partial charge in [-0.05, 0) is 43.4 Å². The lowest BCUT2D eigenvalue weighted by Crippen LogP contribution is -2.40. The van der Waals surface area contributed by atoms with Crippen LogP contribution in [0.15, 0.2) is 36.5 Å². The van der Waals surface area contributed by atoms with E-state index >= 15 is 0 Å². The number of hydrogen-bond donors (Lipinski definition) is 1. The molecule has 0 saturated heterocycles. The van der Waals surface area contributed by atoms with E-state index in [2.05, 4.69) is 41.5 Å². The zero-order valence-corrected chi connectivity index (χ0v) is 10.9. The minimum absolute atomic E-state index is 0.753. The van der Waals surface area contributed by atoms with E-state index in [9.17, 15) is 0 Å². The second-order valence-corrected chi connectivity index (χ2v) is 5.47. The molecule has 1 aliphatic carbocycles. The van der Waals surface area contributed by atoms with Crippen molar-refractivity contribution in [2.75, 3.05) is 6.54 Å². The van der Waals surface area contributed by atoms with Crippen LogP contribution < -0.4 is 5.32 Å². The summed E-state index contributed by atoms with van der Waals surface area (Å²) in [6.07, 6.45) is 5.63. The quantitative estimate of drug-likeness (QED) is 0.888. The van der Waals surface area contributed by atoms with E-state index in [1.807, 2.05) is 12.3 Å². The van der Waals surface area contributed by atoms with Gasteiger partial charge in [0.1, 0.15) is 0 Å². The summed E-state index contributed by atoms with van der Waals surface area (Å²) >= 11 is 0. The number of nitrogens with one attached hydrogen (secondary N) is 1. The lowest BCUT2D eigenvalue weighted by atomic mass is 9.82. The van der Waals surface area contributed by atoms with Crippen molar-refractivity contribution >= 4 is 10.9 Å². The van der Waals surface area contributed by atoms with Crippen molar-refractivity contribution in [2.24, 2.45) is 5.92 Å². The molecule has 0 atom stereocenters. The molecule has 1 N–H and O–H groups in total. The van der Waals surface area contributed by atoms with Crippen LogP contribution in [0.5, 0.6) is 0 Å². The van der Waals surface area contributed by atoms with Crippen LogP contribution in [0.1, 0.15) is 25.3 Å². The molecule has 0 bridgehead atoms. The highest BCUT2D eigenvalue weighted by atomic mass is 14.9. The minimum Gasteiger partial charge on any atom is -0.314 e. The Morgan fingerprint density at radius 2 is 2.06 bits per heavy atom.